The molecule has 0 aliphatic heterocycles. The van der Waals surface area contributed by atoms with Gasteiger partial charge in [-0.15, -0.1) is 0 Å². The summed E-state index contributed by atoms with van der Waals surface area (Å²) in [4.78, 5) is 13.0. The molecule has 0 aliphatic carbocycles. The maximum Gasteiger partial charge on any atom is 0.222 e. The minimum Gasteiger partial charge on any atom is -0.389 e. The average molecular weight is 364 g/mol. The number of nitrogens with zero attached hydrogens (tertiary/aromatic N) is 1. The first-order chi connectivity index (χ1) is 12.5. The van der Waals surface area contributed by atoms with E-state index in [-0.39, 0.29) is 5.91 Å². The molecule has 4 nitrogen and oxygen atoms in total. The molecule has 2 N–H and O–H groups in total. The number of hydrogen-bond donors (Lipinski definition) is 2. The van der Waals surface area contributed by atoms with Crippen molar-refractivity contribution < 1.29 is 15.0 Å². The van der Waals surface area contributed by atoms with Crippen molar-refractivity contribution in [3.05, 3.63) is 48.6 Å². The fourth-order valence-electron chi connectivity index (χ4n) is 2.24. The monoisotopic (exact) mass is 363 g/mol. The number of hydrogen-bond acceptors (Lipinski definition) is 3. The lowest BCUT2D eigenvalue weighted by Gasteiger charge is -2.10. The van der Waals surface area contributed by atoms with Crippen molar-refractivity contribution in [3.63, 3.8) is 0 Å². The van der Waals surface area contributed by atoms with Crippen LogP contribution in [0.5, 0.6) is 0 Å². The summed E-state index contributed by atoms with van der Waals surface area (Å²) < 4.78 is 0. The molecule has 0 aromatic carbocycles. The Kier molecular flexibility index (Phi) is 15.7. The molecule has 0 saturated carbocycles. The molecule has 148 valence electrons. The Morgan fingerprint density at radius 3 is 2.19 bits per heavy atom. The minimum atomic E-state index is -0.540. The van der Waals surface area contributed by atoms with Crippen LogP contribution in [-0.2, 0) is 4.79 Å². The molecule has 0 bridgehead atoms. The third-order valence-electron chi connectivity index (χ3n) is 3.91. The molecule has 0 rings (SSSR count). The van der Waals surface area contributed by atoms with E-state index in [1.54, 1.807) is 37.2 Å². The van der Waals surface area contributed by atoms with Gasteiger partial charge < -0.3 is 15.1 Å². The van der Waals surface area contributed by atoms with Gasteiger partial charge in [-0.2, -0.15) is 0 Å². The van der Waals surface area contributed by atoms with Crippen molar-refractivity contribution in [2.75, 3.05) is 14.1 Å². The number of rotatable bonds is 14. The predicted molar refractivity (Wildman–Crippen MR) is 110 cm³/mol. The highest BCUT2D eigenvalue weighted by molar-refractivity contribution is 5.75. The second kappa shape index (κ2) is 16.8. The van der Waals surface area contributed by atoms with E-state index in [0.29, 0.717) is 25.7 Å². The van der Waals surface area contributed by atoms with Crippen LogP contribution in [0.3, 0.4) is 0 Å². The van der Waals surface area contributed by atoms with Gasteiger partial charge >= 0.3 is 0 Å². The van der Waals surface area contributed by atoms with Crippen LogP contribution >= 0.6 is 0 Å². The first-order valence-corrected chi connectivity index (χ1v) is 9.70. The quantitative estimate of drug-likeness (QED) is 0.277. The Morgan fingerprint density at radius 1 is 0.923 bits per heavy atom. The molecule has 0 saturated heterocycles. The molecule has 0 aromatic rings. The lowest BCUT2D eigenvalue weighted by atomic mass is 10.1. The molecule has 26 heavy (non-hydrogen) atoms. The number of carbonyl (C=O) groups excluding carboxylic acids is 1. The summed E-state index contributed by atoms with van der Waals surface area (Å²) in [6.07, 6.45) is 21.0. The van der Waals surface area contributed by atoms with E-state index in [9.17, 15) is 15.0 Å². The summed E-state index contributed by atoms with van der Waals surface area (Å²) in [5.74, 6) is 0.0839. The average Bonchev–Trinajstić information content (AvgIpc) is 2.60. The highest BCUT2D eigenvalue weighted by atomic mass is 16.3. The summed E-state index contributed by atoms with van der Waals surface area (Å²) in [7, 11) is 3.47. The molecular weight excluding hydrogens is 326 g/mol. The number of aliphatic hydroxyl groups excluding tert-OH is 2. The fourth-order valence-corrected chi connectivity index (χ4v) is 2.24. The summed E-state index contributed by atoms with van der Waals surface area (Å²) in [5.41, 5.74) is 0. The van der Waals surface area contributed by atoms with Crippen LogP contribution in [0.2, 0.25) is 0 Å². The van der Waals surface area contributed by atoms with Gasteiger partial charge in [-0.05, 0) is 32.1 Å². The van der Waals surface area contributed by atoms with Crippen LogP contribution in [-0.4, -0.2) is 47.3 Å². The SMILES string of the molecule is CCCCCC=CCC(O)C=CC=CC=CC(O)CCCC(=O)N(C)C. The Hall–Kier alpha value is -1.65. The minimum absolute atomic E-state index is 0.0839. The first kappa shape index (κ1) is 24.4. The van der Waals surface area contributed by atoms with Crippen LogP contribution in [0.25, 0.3) is 0 Å². The highest BCUT2D eigenvalue weighted by Gasteiger charge is 2.05. The van der Waals surface area contributed by atoms with E-state index in [1.807, 2.05) is 24.3 Å². The summed E-state index contributed by atoms with van der Waals surface area (Å²) in [5, 5.41) is 19.6. The van der Waals surface area contributed by atoms with Crippen molar-refractivity contribution in [3.8, 4) is 0 Å². The zero-order chi connectivity index (χ0) is 19.6. The second-order valence-electron chi connectivity index (χ2n) is 6.67. The third kappa shape index (κ3) is 15.9. The molecule has 0 heterocycles. The van der Waals surface area contributed by atoms with Gasteiger partial charge in [0.15, 0.2) is 0 Å². The molecule has 0 aromatic heterocycles. The number of allylic oxidation sites excluding steroid dienone is 5. The van der Waals surface area contributed by atoms with Gasteiger partial charge in [-0.1, -0.05) is 68.4 Å². The van der Waals surface area contributed by atoms with E-state index >= 15 is 0 Å². The van der Waals surface area contributed by atoms with Gasteiger partial charge in [-0.3, -0.25) is 4.79 Å². The van der Waals surface area contributed by atoms with Crippen LogP contribution in [0.1, 0.15) is 58.3 Å². The van der Waals surface area contributed by atoms with Crippen molar-refractivity contribution >= 4 is 5.91 Å². The lowest BCUT2D eigenvalue weighted by molar-refractivity contribution is -0.128. The normalized spacial score (nSPS) is 14.8. The van der Waals surface area contributed by atoms with Crippen LogP contribution in [0.4, 0.5) is 0 Å². The molecule has 0 spiro atoms. The first-order valence-electron chi connectivity index (χ1n) is 9.70. The summed E-state index contributed by atoms with van der Waals surface area (Å²) >= 11 is 0. The Labute approximate surface area is 159 Å². The Balaban J connectivity index is 3.86. The number of carbonyl (C=O) groups is 1. The molecular formula is C22H37NO3. The van der Waals surface area contributed by atoms with Crippen LogP contribution < -0.4 is 0 Å². The summed E-state index contributed by atoms with van der Waals surface area (Å²) in [6, 6.07) is 0. The van der Waals surface area contributed by atoms with E-state index in [2.05, 4.69) is 13.0 Å². The zero-order valence-electron chi connectivity index (χ0n) is 16.7. The van der Waals surface area contributed by atoms with Crippen molar-refractivity contribution in [2.24, 2.45) is 0 Å². The lowest BCUT2D eigenvalue weighted by Crippen LogP contribution is -2.21. The molecule has 2 unspecified atom stereocenters. The fraction of sp³-hybridized carbons (Fsp3) is 0.591. The second-order valence-corrected chi connectivity index (χ2v) is 6.67. The molecule has 0 fully saturated rings. The molecule has 0 radical (unpaired) electrons. The van der Waals surface area contributed by atoms with Gasteiger partial charge in [0.2, 0.25) is 5.91 Å². The molecule has 0 aliphatic rings. The predicted octanol–water partition coefficient (Wildman–Crippen LogP) is 4.16. The third-order valence-corrected chi connectivity index (χ3v) is 3.91. The standard InChI is InChI=1S/C22H37NO3/c1-4-5-6-7-8-11-15-20(24)16-12-9-10-13-17-21(25)18-14-19-22(26)23(2)3/h8-13,16-17,20-21,24-25H,4-7,14-15,18-19H2,1-3H3. The maximum absolute atomic E-state index is 11.4. The van der Waals surface area contributed by atoms with Crippen molar-refractivity contribution in [1.82, 2.24) is 4.90 Å². The number of aliphatic hydroxyl groups is 2. The largest absolute Gasteiger partial charge is 0.389 e. The van der Waals surface area contributed by atoms with Gasteiger partial charge in [0.25, 0.3) is 0 Å². The van der Waals surface area contributed by atoms with Crippen molar-refractivity contribution in [1.29, 1.82) is 0 Å². The van der Waals surface area contributed by atoms with E-state index in [1.165, 1.54) is 19.3 Å². The van der Waals surface area contributed by atoms with Gasteiger partial charge in [0, 0.05) is 20.5 Å². The van der Waals surface area contributed by atoms with Gasteiger partial charge in [0.05, 0.1) is 12.2 Å². The maximum atomic E-state index is 11.4. The number of unbranched alkanes of at least 4 members (excludes halogenated alkanes) is 3. The topological polar surface area (TPSA) is 60.8 Å². The van der Waals surface area contributed by atoms with E-state index in [4.69, 9.17) is 0 Å². The van der Waals surface area contributed by atoms with Crippen molar-refractivity contribution in [2.45, 2.75) is 70.5 Å². The smallest absolute Gasteiger partial charge is 0.222 e. The molecule has 1 amide bonds. The summed E-state index contributed by atoms with van der Waals surface area (Å²) in [6.45, 7) is 2.19. The zero-order valence-corrected chi connectivity index (χ0v) is 16.7. The Morgan fingerprint density at radius 2 is 1.58 bits per heavy atom. The van der Waals surface area contributed by atoms with E-state index < -0.39 is 12.2 Å². The molecule has 4 heteroatoms. The van der Waals surface area contributed by atoms with E-state index in [0.717, 1.165) is 6.42 Å². The van der Waals surface area contributed by atoms with Gasteiger partial charge in [0.1, 0.15) is 0 Å². The van der Waals surface area contributed by atoms with Crippen LogP contribution in [0, 0.1) is 0 Å². The number of amides is 1. The Bertz CT molecular complexity index is 464. The van der Waals surface area contributed by atoms with Crippen LogP contribution in [0.15, 0.2) is 48.6 Å². The van der Waals surface area contributed by atoms with Gasteiger partial charge in [-0.25, -0.2) is 0 Å². The highest BCUT2D eigenvalue weighted by Crippen LogP contribution is 2.04. The molecule has 2 atom stereocenters.